The molecule has 0 bridgehead atoms. The van der Waals surface area contributed by atoms with E-state index in [1.54, 1.807) is 6.21 Å². The Kier molecular flexibility index (Phi) is 9.83. The van der Waals surface area contributed by atoms with E-state index in [1.165, 1.54) is 6.42 Å². The predicted octanol–water partition coefficient (Wildman–Crippen LogP) is 4.45. The molecule has 0 aliphatic heterocycles. The van der Waals surface area contributed by atoms with Gasteiger partial charge in [-0.2, -0.15) is 0 Å². The standard InChI is InChI=1S/C15H21NO2.2ClH.Zr/c1-3-18-14-9-5-8-13(14)16-10-12-7-4-6-11(2)15(12)17;;;/h4,6-7,10,13-14,17H,3,5,8-9H2,1-2H3;2*1H;/q;;;+2/p-2. The zero-order valence-corrected chi connectivity index (χ0v) is 16.3. The van der Waals surface area contributed by atoms with Crippen LogP contribution >= 0.6 is 17.0 Å². The summed E-state index contributed by atoms with van der Waals surface area (Å²) in [4.78, 5) is 4.59. The van der Waals surface area contributed by atoms with Gasteiger partial charge in [0.05, 0.1) is 12.1 Å². The van der Waals surface area contributed by atoms with E-state index in [1.807, 2.05) is 32.0 Å². The molecule has 0 amide bonds. The third-order valence-corrected chi connectivity index (χ3v) is 3.47. The molecule has 2 unspecified atom stereocenters. The fourth-order valence-corrected chi connectivity index (χ4v) is 2.45. The van der Waals surface area contributed by atoms with E-state index in [9.17, 15) is 5.11 Å². The Morgan fingerprint density at radius 1 is 1.43 bits per heavy atom. The Labute approximate surface area is 145 Å². The Morgan fingerprint density at radius 2 is 2.14 bits per heavy atom. The van der Waals surface area contributed by atoms with Crippen molar-refractivity contribution in [1.82, 2.24) is 0 Å². The van der Waals surface area contributed by atoms with Gasteiger partial charge in [0.1, 0.15) is 5.75 Å². The first-order chi connectivity index (χ1) is 10.1. The van der Waals surface area contributed by atoms with Crippen LogP contribution in [-0.2, 0) is 25.6 Å². The van der Waals surface area contributed by atoms with Crippen LogP contribution in [0.25, 0.3) is 0 Å². The molecule has 6 heteroatoms. The van der Waals surface area contributed by atoms with E-state index in [-0.39, 0.29) is 12.1 Å². The van der Waals surface area contributed by atoms with Gasteiger partial charge in [0, 0.05) is 18.4 Å². The van der Waals surface area contributed by atoms with Crippen molar-refractivity contribution >= 4 is 23.2 Å². The number of benzene rings is 1. The number of aryl methyl sites for hydroxylation is 1. The van der Waals surface area contributed by atoms with Crippen LogP contribution in [-0.4, -0.2) is 30.1 Å². The molecular formula is C15H21Cl2NO2Zr. The first-order valence-corrected chi connectivity index (χ1v) is 13.4. The van der Waals surface area contributed by atoms with Crippen LogP contribution in [0.2, 0.25) is 0 Å². The van der Waals surface area contributed by atoms with Crippen molar-refractivity contribution in [2.75, 3.05) is 6.61 Å². The van der Waals surface area contributed by atoms with Gasteiger partial charge in [0.25, 0.3) is 0 Å². The van der Waals surface area contributed by atoms with E-state index in [4.69, 9.17) is 21.8 Å². The Bertz CT molecular complexity index is 457. The van der Waals surface area contributed by atoms with Crippen LogP contribution in [0.3, 0.4) is 0 Å². The summed E-state index contributed by atoms with van der Waals surface area (Å²) in [5, 5.41) is 9.92. The molecule has 0 spiro atoms. The molecule has 1 saturated carbocycles. The number of rotatable bonds is 4. The van der Waals surface area contributed by atoms with Gasteiger partial charge in [-0.05, 0) is 44.7 Å². The normalized spacial score (nSPS) is 21.1. The number of phenols is 1. The molecule has 0 aromatic heterocycles. The number of aliphatic imine (C=N–C) groups is 1. The molecule has 1 fully saturated rings. The molecule has 0 heterocycles. The molecule has 3 nitrogen and oxygen atoms in total. The summed E-state index contributed by atoms with van der Waals surface area (Å²) in [7, 11) is 9.87. The average molecular weight is 409 g/mol. The summed E-state index contributed by atoms with van der Waals surface area (Å²) in [5.74, 6) is 0.326. The minimum atomic E-state index is -0.826. The van der Waals surface area contributed by atoms with Gasteiger partial charge in [0.15, 0.2) is 0 Å². The maximum atomic E-state index is 9.92. The van der Waals surface area contributed by atoms with Crippen molar-refractivity contribution in [2.24, 2.45) is 4.99 Å². The van der Waals surface area contributed by atoms with Crippen LogP contribution in [0.5, 0.6) is 5.75 Å². The number of ether oxygens (including phenoxy) is 1. The van der Waals surface area contributed by atoms with Crippen molar-refractivity contribution in [1.29, 1.82) is 0 Å². The number of phenolic OH excluding ortho intramolecular Hbond substituents is 1. The molecule has 1 aromatic carbocycles. The zero-order chi connectivity index (χ0) is 15.7. The van der Waals surface area contributed by atoms with Crippen LogP contribution in [0, 0.1) is 6.92 Å². The molecule has 1 aliphatic rings. The van der Waals surface area contributed by atoms with E-state index in [0.717, 1.165) is 30.6 Å². The number of hydrogen-bond donors (Lipinski definition) is 1. The van der Waals surface area contributed by atoms with Crippen molar-refractivity contribution in [3.8, 4) is 5.75 Å². The van der Waals surface area contributed by atoms with Crippen LogP contribution in [0.4, 0.5) is 0 Å². The summed E-state index contributed by atoms with van der Waals surface area (Å²) in [5.41, 5.74) is 1.67. The quantitative estimate of drug-likeness (QED) is 0.747. The van der Waals surface area contributed by atoms with Crippen LogP contribution in [0.15, 0.2) is 23.2 Å². The van der Waals surface area contributed by atoms with Crippen molar-refractivity contribution < 1.29 is 30.7 Å². The SMILES string of the molecule is CCOC1CCCC1N=Cc1cccc(C)c1O.[Cl][Zr][Cl]. The summed E-state index contributed by atoms with van der Waals surface area (Å²) in [6.07, 6.45) is 5.37. The second-order valence-electron chi connectivity index (χ2n) is 4.85. The summed E-state index contributed by atoms with van der Waals surface area (Å²) < 4.78 is 5.68. The zero-order valence-electron chi connectivity index (χ0n) is 12.4. The second-order valence-corrected chi connectivity index (χ2v) is 8.59. The third-order valence-electron chi connectivity index (χ3n) is 3.47. The topological polar surface area (TPSA) is 41.8 Å². The first kappa shape index (κ1) is 19.2. The average Bonchev–Trinajstić information content (AvgIpc) is 2.89. The monoisotopic (exact) mass is 407 g/mol. The number of hydrogen-bond acceptors (Lipinski definition) is 3. The predicted molar refractivity (Wildman–Crippen MR) is 85.2 cm³/mol. The number of para-hydroxylation sites is 1. The fourth-order valence-electron chi connectivity index (χ4n) is 2.45. The molecular weight excluding hydrogens is 388 g/mol. The fraction of sp³-hybridized carbons (Fsp3) is 0.533. The maximum absolute atomic E-state index is 9.92. The second kappa shape index (κ2) is 10.8. The van der Waals surface area contributed by atoms with Crippen LogP contribution < -0.4 is 0 Å². The van der Waals surface area contributed by atoms with Gasteiger partial charge in [-0.3, -0.25) is 4.99 Å². The van der Waals surface area contributed by atoms with E-state index >= 15 is 0 Å². The summed E-state index contributed by atoms with van der Waals surface area (Å²) >= 11 is -0.826. The van der Waals surface area contributed by atoms with Gasteiger partial charge < -0.3 is 9.84 Å². The van der Waals surface area contributed by atoms with Crippen molar-refractivity contribution in [3.63, 3.8) is 0 Å². The minimum absolute atomic E-state index is 0.241. The summed E-state index contributed by atoms with van der Waals surface area (Å²) in [6.45, 7) is 4.66. The molecule has 0 saturated heterocycles. The first-order valence-electron chi connectivity index (χ1n) is 7.03. The number of nitrogens with zero attached hydrogens (tertiary/aromatic N) is 1. The van der Waals surface area contributed by atoms with Gasteiger partial charge in [-0.25, -0.2) is 0 Å². The van der Waals surface area contributed by atoms with E-state index in [2.05, 4.69) is 4.99 Å². The molecule has 116 valence electrons. The molecule has 2 rings (SSSR count). The molecule has 1 aliphatic carbocycles. The summed E-state index contributed by atoms with van der Waals surface area (Å²) in [6, 6.07) is 5.96. The number of halogens is 2. The molecule has 2 atom stereocenters. The molecule has 21 heavy (non-hydrogen) atoms. The van der Waals surface area contributed by atoms with Gasteiger partial charge >= 0.3 is 37.9 Å². The van der Waals surface area contributed by atoms with Crippen molar-refractivity contribution in [2.45, 2.75) is 45.3 Å². The van der Waals surface area contributed by atoms with Crippen LogP contribution in [0.1, 0.15) is 37.3 Å². The van der Waals surface area contributed by atoms with E-state index in [0.29, 0.717) is 5.75 Å². The van der Waals surface area contributed by atoms with Gasteiger partial charge in [-0.1, -0.05) is 12.1 Å². The number of aromatic hydroxyl groups is 1. The molecule has 1 aromatic rings. The molecule has 0 radical (unpaired) electrons. The van der Waals surface area contributed by atoms with Crippen molar-refractivity contribution in [3.05, 3.63) is 29.3 Å². The Hall–Kier alpha value is 0.113. The Morgan fingerprint density at radius 3 is 2.81 bits per heavy atom. The third kappa shape index (κ3) is 6.40. The van der Waals surface area contributed by atoms with Gasteiger partial charge in [-0.15, -0.1) is 0 Å². The Balaban J connectivity index is 0.000000677. The molecule has 1 N–H and O–H groups in total. The van der Waals surface area contributed by atoms with Gasteiger partial charge in [0.2, 0.25) is 0 Å². The van der Waals surface area contributed by atoms with E-state index < -0.39 is 20.8 Å².